The fraction of sp³-hybridized carbons (Fsp3) is 0.552. The molecule has 5 rings (SSSR count). The van der Waals surface area contributed by atoms with E-state index in [1.165, 1.54) is 25.7 Å². The average molecular weight is 479 g/mol. The normalized spacial score (nSPS) is 20.7. The maximum absolute atomic E-state index is 13.5. The van der Waals surface area contributed by atoms with Gasteiger partial charge in [-0.2, -0.15) is 0 Å². The lowest BCUT2D eigenvalue weighted by Gasteiger charge is -2.17. The molecule has 1 aliphatic carbocycles. The minimum Gasteiger partial charge on any atom is -0.493 e. The second-order valence-corrected chi connectivity index (χ2v) is 9.91. The van der Waals surface area contributed by atoms with E-state index in [1.54, 1.807) is 0 Å². The number of carbonyl (C=O) groups is 1. The summed E-state index contributed by atoms with van der Waals surface area (Å²) >= 11 is 0. The molecule has 0 aromatic heterocycles. The minimum absolute atomic E-state index is 0.0150. The molecule has 2 unspecified atom stereocenters. The number of unbranched alkanes of at least 4 members (excludes halogenated alkanes) is 1. The first-order valence-electron chi connectivity index (χ1n) is 13.5. The van der Waals surface area contributed by atoms with Gasteiger partial charge in [-0.25, -0.2) is 0 Å². The zero-order chi connectivity index (χ0) is 24.0. The predicted molar refractivity (Wildman–Crippen MR) is 138 cm³/mol. The zero-order valence-corrected chi connectivity index (χ0v) is 20.9. The summed E-state index contributed by atoms with van der Waals surface area (Å²) in [5, 5.41) is 7.04. The molecule has 0 radical (unpaired) electrons. The van der Waals surface area contributed by atoms with Crippen LogP contribution in [0.5, 0.6) is 17.2 Å². The van der Waals surface area contributed by atoms with Gasteiger partial charge >= 0.3 is 0 Å². The van der Waals surface area contributed by atoms with Gasteiger partial charge in [-0.05, 0) is 70.2 Å². The second kappa shape index (κ2) is 11.4. The third kappa shape index (κ3) is 5.49. The maximum Gasteiger partial charge on any atom is 0.194 e. The molecule has 2 fully saturated rings. The quantitative estimate of drug-likeness (QED) is 0.352. The first-order valence-corrected chi connectivity index (χ1v) is 13.5. The summed E-state index contributed by atoms with van der Waals surface area (Å²) in [6, 6.07) is 10.7. The van der Waals surface area contributed by atoms with Crippen LogP contribution in [0.1, 0.15) is 74.2 Å². The van der Waals surface area contributed by atoms with Crippen LogP contribution in [0.15, 0.2) is 30.3 Å². The number of nitrogens with one attached hydrogen (secondary N) is 2. The number of fused-ring (bicyclic) bond motifs is 3. The molecule has 6 heteroatoms. The van der Waals surface area contributed by atoms with Crippen molar-refractivity contribution in [2.45, 2.75) is 70.4 Å². The molecule has 3 aliphatic rings. The van der Waals surface area contributed by atoms with Gasteiger partial charge in [-0.3, -0.25) is 4.79 Å². The Hall–Kier alpha value is -2.57. The Morgan fingerprint density at radius 1 is 0.829 bits per heavy atom. The zero-order valence-electron chi connectivity index (χ0n) is 20.9. The molecule has 2 saturated heterocycles. The third-order valence-electron chi connectivity index (χ3n) is 7.38. The lowest BCUT2D eigenvalue weighted by atomic mass is 10.0. The first kappa shape index (κ1) is 24.1. The molecule has 0 bridgehead atoms. The minimum atomic E-state index is 0.0150. The predicted octanol–water partition coefficient (Wildman–Crippen LogP) is 5.12. The van der Waals surface area contributed by atoms with E-state index in [9.17, 15) is 4.79 Å². The summed E-state index contributed by atoms with van der Waals surface area (Å²) in [7, 11) is 0. The fourth-order valence-electron chi connectivity index (χ4n) is 5.43. The van der Waals surface area contributed by atoms with Crippen LogP contribution in [0, 0.1) is 0 Å². The van der Waals surface area contributed by atoms with Gasteiger partial charge in [0.25, 0.3) is 0 Å². The number of hydrogen-bond acceptors (Lipinski definition) is 6. The molecule has 2 aromatic carbocycles. The topological polar surface area (TPSA) is 68.8 Å². The molecule has 188 valence electrons. The summed E-state index contributed by atoms with van der Waals surface area (Å²) in [5.74, 6) is 2.19. The molecule has 2 atom stereocenters. The number of carbonyl (C=O) groups excluding carboxylic acids is 1. The van der Waals surface area contributed by atoms with Crippen LogP contribution in [-0.2, 0) is 0 Å². The fourth-order valence-corrected chi connectivity index (χ4v) is 5.43. The molecule has 2 N–H and O–H groups in total. The highest BCUT2D eigenvalue weighted by Crippen LogP contribution is 2.49. The highest BCUT2D eigenvalue weighted by atomic mass is 16.5. The molecule has 2 aliphatic heterocycles. The van der Waals surface area contributed by atoms with Crippen molar-refractivity contribution >= 4 is 5.78 Å². The van der Waals surface area contributed by atoms with E-state index in [2.05, 4.69) is 17.6 Å². The molecule has 2 aromatic rings. The summed E-state index contributed by atoms with van der Waals surface area (Å²) in [5.41, 5.74) is 3.04. The molecular weight excluding hydrogens is 440 g/mol. The van der Waals surface area contributed by atoms with Gasteiger partial charge in [0, 0.05) is 40.4 Å². The van der Waals surface area contributed by atoms with Gasteiger partial charge in [0.05, 0.1) is 19.8 Å². The van der Waals surface area contributed by atoms with Crippen molar-refractivity contribution in [1.29, 1.82) is 0 Å². The third-order valence-corrected chi connectivity index (χ3v) is 7.38. The van der Waals surface area contributed by atoms with E-state index in [1.807, 2.05) is 30.3 Å². The van der Waals surface area contributed by atoms with Gasteiger partial charge in [0.2, 0.25) is 0 Å². The van der Waals surface area contributed by atoms with Crippen LogP contribution in [0.25, 0.3) is 11.1 Å². The summed E-state index contributed by atoms with van der Waals surface area (Å²) in [4.78, 5) is 13.5. The molecule has 6 nitrogen and oxygen atoms in total. The average Bonchev–Trinajstić information content (AvgIpc) is 3.63. The number of ketones is 1. The Balaban J connectivity index is 1.39. The van der Waals surface area contributed by atoms with Crippen LogP contribution >= 0.6 is 0 Å². The lowest BCUT2D eigenvalue weighted by molar-refractivity contribution is 0.104. The number of rotatable bonds is 12. The Kier molecular flexibility index (Phi) is 7.89. The first-order chi connectivity index (χ1) is 17.2. The Bertz CT molecular complexity index is 1030. The van der Waals surface area contributed by atoms with Crippen molar-refractivity contribution in [2.24, 2.45) is 0 Å². The lowest BCUT2D eigenvalue weighted by Crippen LogP contribution is -2.23. The van der Waals surface area contributed by atoms with E-state index in [-0.39, 0.29) is 5.78 Å². The van der Waals surface area contributed by atoms with E-state index in [0.717, 1.165) is 55.6 Å². The molecule has 35 heavy (non-hydrogen) atoms. The van der Waals surface area contributed by atoms with E-state index in [0.29, 0.717) is 54.5 Å². The van der Waals surface area contributed by atoms with Gasteiger partial charge in [-0.15, -0.1) is 0 Å². The van der Waals surface area contributed by atoms with Crippen LogP contribution < -0.4 is 24.8 Å². The molecule has 0 spiro atoms. The summed E-state index contributed by atoms with van der Waals surface area (Å²) < 4.78 is 18.6. The van der Waals surface area contributed by atoms with E-state index < -0.39 is 0 Å². The Morgan fingerprint density at radius 2 is 1.51 bits per heavy atom. The maximum atomic E-state index is 13.5. The smallest absolute Gasteiger partial charge is 0.194 e. The second-order valence-electron chi connectivity index (χ2n) is 9.91. The van der Waals surface area contributed by atoms with E-state index >= 15 is 0 Å². The highest BCUT2D eigenvalue weighted by Gasteiger charge is 2.33. The summed E-state index contributed by atoms with van der Waals surface area (Å²) in [6.07, 6.45) is 8.80. The van der Waals surface area contributed by atoms with Crippen molar-refractivity contribution in [3.63, 3.8) is 0 Å². The van der Waals surface area contributed by atoms with Gasteiger partial charge in [0.1, 0.15) is 17.2 Å². The van der Waals surface area contributed by atoms with Crippen LogP contribution in [0.4, 0.5) is 0 Å². The van der Waals surface area contributed by atoms with Crippen LogP contribution in [0.3, 0.4) is 0 Å². The Morgan fingerprint density at radius 3 is 2.20 bits per heavy atom. The summed E-state index contributed by atoms with van der Waals surface area (Å²) in [6.45, 7) is 6.18. The Labute approximate surface area is 208 Å². The molecule has 0 amide bonds. The van der Waals surface area contributed by atoms with Gasteiger partial charge in [0.15, 0.2) is 5.78 Å². The van der Waals surface area contributed by atoms with Crippen molar-refractivity contribution in [3.8, 4) is 28.4 Å². The van der Waals surface area contributed by atoms with Crippen LogP contribution in [-0.4, -0.2) is 50.8 Å². The number of hydrogen-bond donors (Lipinski definition) is 2. The number of ether oxygens (including phenoxy) is 3. The highest BCUT2D eigenvalue weighted by molar-refractivity contribution is 6.23. The van der Waals surface area contributed by atoms with E-state index in [4.69, 9.17) is 14.2 Å². The SMILES string of the molecule is CCCCOc1cc(OCCC2CCCN2)cc2c1-c1c(OCCC3CCCN3)cccc1C2=O. The van der Waals surface area contributed by atoms with Crippen molar-refractivity contribution < 1.29 is 19.0 Å². The standard InChI is InChI=1S/C29H38N2O4/c1-2-3-15-34-26-19-22(33-16-11-20-7-5-13-30-20)18-24-28(26)27-23(29(24)32)9-4-10-25(27)35-17-12-21-8-6-14-31-21/h4,9-10,18-21,30-31H,2-3,5-8,11-17H2,1H3. The van der Waals surface area contributed by atoms with Crippen LogP contribution in [0.2, 0.25) is 0 Å². The largest absolute Gasteiger partial charge is 0.493 e. The van der Waals surface area contributed by atoms with Crippen molar-refractivity contribution in [3.05, 3.63) is 41.5 Å². The van der Waals surface area contributed by atoms with Gasteiger partial charge in [-0.1, -0.05) is 25.5 Å². The molecular formula is C29H38N2O4. The monoisotopic (exact) mass is 478 g/mol. The molecule has 2 heterocycles. The molecule has 0 saturated carbocycles. The number of benzene rings is 2. The van der Waals surface area contributed by atoms with Crippen molar-refractivity contribution in [1.82, 2.24) is 10.6 Å². The van der Waals surface area contributed by atoms with Crippen molar-refractivity contribution in [2.75, 3.05) is 32.9 Å². The van der Waals surface area contributed by atoms with Gasteiger partial charge < -0.3 is 24.8 Å².